The summed E-state index contributed by atoms with van der Waals surface area (Å²) in [6, 6.07) is 0. The van der Waals surface area contributed by atoms with Crippen LogP contribution in [0.1, 0.15) is 48.0 Å². The van der Waals surface area contributed by atoms with Crippen LogP contribution in [0.15, 0.2) is 0 Å². The molecule has 1 fully saturated rings. The molecular weight excluding hydrogens is 338 g/mol. The Morgan fingerprint density at radius 2 is 1.96 bits per heavy atom. The first-order valence-corrected chi connectivity index (χ1v) is 9.77. The monoisotopic (exact) mass is 365 g/mol. The highest BCUT2D eigenvalue weighted by molar-refractivity contribution is 7.17. The van der Waals surface area contributed by atoms with Gasteiger partial charge in [0.25, 0.3) is 5.91 Å². The number of primary amides is 1. The summed E-state index contributed by atoms with van der Waals surface area (Å²) in [6.07, 6.45) is 3.11. The Morgan fingerprint density at radius 1 is 1.28 bits per heavy atom. The minimum absolute atomic E-state index is 0.101. The molecule has 1 aliphatic heterocycles. The molecular formula is C18H27N3O3S. The number of anilines is 1. The Morgan fingerprint density at radius 3 is 2.60 bits per heavy atom. The van der Waals surface area contributed by atoms with Gasteiger partial charge in [-0.3, -0.25) is 14.5 Å². The molecule has 3 atom stereocenters. The van der Waals surface area contributed by atoms with Gasteiger partial charge in [0, 0.05) is 18.0 Å². The second-order valence-corrected chi connectivity index (χ2v) is 8.52. The molecule has 1 aliphatic carbocycles. The Bertz CT molecular complexity index is 663. The predicted molar refractivity (Wildman–Crippen MR) is 99.1 cm³/mol. The molecule has 3 N–H and O–H groups in total. The van der Waals surface area contributed by atoms with Crippen molar-refractivity contribution in [2.24, 2.45) is 11.7 Å². The molecule has 0 bridgehead atoms. The quantitative estimate of drug-likeness (QED) is 0.855. The number of ether oxygens (including phenoxy) is 1. The van der Waals surface area contributed by atoms with Crippen LogP contribution in [0.5, 0.6) is 0 Å². The Kier molecular flexibility index (Phi) is 5.46. The van der Waals surface area contributed by atoms with Crippen molar-refractivity contribution in [3.05, 3.63) is 16.0 Å². The van der Waals surface area contributed by atoms with Crippen molar-refractivity contribution < 1.29 is 14.3 Å². The molecule has 1 aromatic heterocycles. The number of rotatable bonds is 4. The average molecular weight is 365 g/mol. The van der Waals surface area contributed by atoms with Gasteiger partial charge in [0.1, 0.15) is 5.00 Å². The van der Waals surface area contributed by atoms with Crippen molar-refractivity contribution in [3.8, 4) is 0 Å². The lowest BCUT2D eigenvalue weighted by Crippen LogP contribution is -2.48. The molecule has 0 spiro atoms. The smallest absolute Gasteiger partial charge is 0.251 e. The molecule has 7 heteroatoms. The number of nitrogens with two attached hydrogens (primary N) is 1. The Hall–Kier alpha value is -1.44. The molecule has 6 nitrogen and oxygen atoms in total. The van der Waals surface area contributed by atoms with Crippen LogP contribution in [0.4, 0.5) is 5.00 Å². The molecule has 1 saturated heterocycles. The molecule has 0 saturated carbocycles. The molecule has 0 radical (unpaired) electrons. The van der Waals surface area contributed by atoms with E-state index in [4.69, 9.17) is 10.5 Å². The van der Waals surface area contributed by atoms with Crippen LogP contribution in [0.3, 0.4) is 0 Å². The molecule has 0 unspecified atom stereocenters. The number of hydrogen-bond acceptors (Lipinski definition) is 5. The van der Waals surface area contributed by atoms with E-state index in [-0.39, 0.29) is 18.1 Å². The van der Waals surface area contributed by atoms with Crippen LogP contribution in [0.25, 0.3) is 0 Å². The van der Waals surface area contributed by atoms with Gasteiger partial charge in [-0.15, -0.1) is 11.3 Å². The second kappa shape index (κ2) is 7.43. The topological polar surface area (TPSA) is 84.7 Å². The molecule has 2 heterocycles. The highest BCUT2D eigenvalue weighted by atomic mass is 32.1. The molecule has 0 aromatic carbocycles. The molecule has 2 amide bonds. The zero-order valence-corrected chi connectivity index (χ0v) is 15.9. The number of fused-ring (bicyclic) bond motifs is 1. The first-order chi connectivity index (χ1) is 11.8. The number of morpholine rings is 1. The van der Waals surface area contributed by atoms with E-state index in [0.717, 1.165) is 37.9 Å². The van der Waals surface area contributed by atoms with E-state index in [1.165, 1.54) is 16.2 Å². The largest absolute Gasteiger partial charge is 0.373 e. The van der Waals surface area contributed by atoms with E-state index >= 15 is 0 Å². The number of hydrogen-bond donors (Lipinski definition) is 2. The summed E-state index contributed by atoms with van der Waals surface area (Å²) in [5.74, 6) is 0.0539. The van der Waals surface area contributed by atoms with Gasteiger partial charge in [0.15, 0.2) is 0 Å². The summed E-state index contributed by atoms with van der Waals surface area (Å²) in [5.41, 5.74) is 7.16. The van der Waals surface area contributed by atoms with Crippen LogP contribution in [-0.2, 0) is 22.4 Å². The lowest BCUT2D eigenvalue weighted by molar-refractivity contribution is -0.121. The fraction of sp³-hybridized carbons (Fsp3) is 0.667. The van der Waals surface area contributed by atoms with E-state index in [1.807, 2.05) is 13.8 Å². The van der Waals surface area contributed by atoms with Crippen LogP contribution in [-0.4, -0.2) is 48.6 Å². The Balaban J connectivity index is 1.72. The normalized spacial score (nSPS) is 26.9. The third kappa shape index (κ3) is 4.22. The number of thiophene rings is 1. The molecule has 3 rings (SSSR count). The van der Waals surface area contributed by atoms with Crippen LogP contribution in [0, 0.1) is 5.92 Å². The Labute approximate surface area is 152 Å². The average Bonchev–Trinajstić information content (AvgIpc) is 2.82. The number of carbonyl (C=O) groups excluding carboxylic acids is 2. The molecule has 2 aliphatic rings. The minimum atomic E-state index is -0.448. The highest BCUT2D eigenvalue weighted by Crippen LogP contribution is 2.39. The van der Waals surface area contributed by atoms with Crippen molar-refractivity contribution in [1.82, 2.24) is 4.90 Å². The summed E-state index contributed by atoms with van der Waals surface area (Å²) >= 11 is 1.51. The van der Waals surface area contributed by atoms with Gasteiger partial charge in [-0.2, -0.15) is 0 Å². The van der Waals surface area contributed by atoms with Crippen LogP contribution >= 0.6 is 11.3 Å². The third-order valence-corrected chi connectivity index (χ3v) is 6.04. The highest BCUT2D eigenvalue weighted by Gasteiger charge is 2.28. The summed E-state index contributed by atoms with van der Waals surface area (Å²) < 4.78 is 5.70. The predicted octanol–water partition coefficient (Wildman–Crippen LogP) is 2.02. The maximum atomic E-state index is 12.5. The van der Waals surface area contributed by atoms with Crippen molar-refractivity contribution in [1.29, 1.82) is 0 Å². The lowest BCUT2D eigenvalue weighted by atomic mass is 9.88. The van der Waals surface area contributed by atoms with E-state index in [1.54, 1.807) is 0 Å². The third-order valence-electron chi connectivity index (χ3n) is 4.87. The number of carbonyl (C=O) groups is 2. The first-order valence-electron chi connectivity index (χ1n) is 8.95. The molecule has 25 heavy (non-hydrogen) atoms. The standard InChI is InChI=1S/C18H27N3O3S/c1-10-4-5-13-14(6-10)25-18(16(13)17(19)23)20-15(22)9-21-7-11(2)24-12(3)8-21/h10-12H,4-9H2,1-3H3,(H2,19,23)(H,20,22)/t10-,11-,12-/m0/s1. The summed E-state index contributed by atoms with van der Waals surface area (Å²) in [4.78, 5) is 27.7. The first kappa shape index (κ1) is 18.4. The zero-order chi connectivity index (χ0) is 18.1. The van der Waals surface area contributed by atoms with Gasteiger partial charge < -0.3 is 15.8 Å². The van der Waals surface area contributed by atoms with Gasteiger partial charge in [-0.1, -0.05) is 6.92 Å². The van der Waals surface area contributed by atoms with Gasteiger partial charge in [0.2, 0.25) is 5.91 Å². The van der Waals surface area contributed by atoms with E-state index in [9.17, 15) is 9.59 Å². The summed E-state index contributed by atoms with van der Waals surface area (Å²) in [5, 5.41) is 3.55. The van der Waals surface area contributed by atoms with Crippen molar-refractivity contribution in [2.45, 2.75) is 52.2 Å². The van der Waals surface area contributed by atoms with Crippen molar-refractivity contribution >= 4 is 28.2 Å². The SMILES string of the molecule is C[C@H]1CCc2c(sc(NC(=O)CN3C[C@H](C)O[C@@H](C)C3)c2C(N)=O)C1. The fourth-order valence-electron chi connectivity index (χ4n) is 3.88. The summed E-state index contributed by atoms with van der Waals surface area (Å²) in [7, 11) is 0. The zero-order valence-electron chi connectivity index (χ0n) is 15.1. The van der Waals surface area contributed by atoms with Crippen molar-refractivity contribution in [2.75, 3.05) is 25.0 Å². The van der Waals surface area contributed by atoms with Crippen LogP contribution < -0.4 is 11.1 Å². The molecule has 138 valence electrons. The van der Waals surface area contributed by atoms with Gasteiger partial charge in [-0.05, 0) is 44.6 Å². The van der Waals surface area contributed by atoms with Gasteiger partial charge in [0.05, 0.1) is 24.3 Å². The number of nitrogens with one attached hydrogen (secondary N) is 1. The lowest BCUT2D eigenvalue weighted by Gasteiger charge is -2.34. The fourth-order valence-corrected chi connectivity index (χ4v) is 5.31. The van der Waals surface area contributed by atoms with E-state index < -0.39 is 5.91 Å². The number of amides is 2. The second-order valence-electron chi connectivity index (χ2n) is 7.42. The van der Waals surface area contributed by atoms with Crippen LogP contribution in [0.2, 0.25) is 0 Å². The maximum absolute atomic E-state index is 12.5. The minimum Gasteiger partial charge on any atom is -0.373 e. The van der Waals surface area contributed by atoms with E-state index in [0.29, 0.717) is 23.0 Å². The van der Waals surface area contributed by atoms with E-state index in [2.05, 4.69) is 17.1 Å². The summed E-state index contributed by atoms with van der Waals surface area (Å²) in [6.45, 7) is 8.01. The van der Waals surface area contributed by atoms with Gasteiger partial charge >= 0.3 is 0 Å². The maximum Gasteiger partial charge on any atom is 0.251 e. The number of nitrogens with zero attached hydrogens (tertiary/aromatic N) is 1. The van der Waals surface area contributed by atoms with Crippen molar-refractivity contribution in [3.63, 3.8) is 0 Å². The van der Waals surface area contributed by atoms with Gasteiger partial charge in [-0.25, -0.2) is 0 Å². The molecule has 1 aromatic rings.